The summed E-state index contributed by atoms with van der Waals surface area (Å²) in [5, 5.41) is 9.79. The van der Waals surface area contributed by atoms with Crippen molar-refractivity contribution in [1.82, 2.24) is 0 Å². The molecule has 0 heterocycles. The Kier molecular flexibility index (Phi) is 5.08. The average molecular weight is 406 g/mol. The first-order valence-corrected chi connectivity index (χ1v) is 8.56. The van der Waals surface area contributed by atoms with Crippen LogP contribution >= 0.6 is 11.6 Å². The van der Waals surface area contributed by atoms with E-state index in [1.165, 1.54) is 24.3 Å². The Morgan fingerprint density at radius 2 is 1.64 bits per heavy atom. The number of primary amides is 1. The Labute approximate surface area is 164 Å². The average Bonchev–Trinajstić information content (AvgIpc) is 2.62. The van der Waals surface area contributed by atoms with Gasteiger partial charge in [0.25, 0.3) is 0 Å². The fraction of sp³-hybridized carbons (Fsp3) is 0.0952. The molecule has 0 unspecified atom stereocenters. The van der Waals surface area contributed by atoms with Crippen LogP contribution in [0, 0.1) is 6.92 Å². The topological polar surface area (TPSA) is 63.3 Å². The number of phenols is 1. The molecule has 144 valence electrons. The molecule has 3 aromatic rings. The molecule has 0 aliphatic rings. The number of amides is 1. The van der Waals surface area contributed by atoms with E-state index in [4.69, 9.17) is 17.3 Å². The second-order valence-electron chi connectivity index (χ2n) is 6.34. The summed E-state index contributed by atoms with van der Waals surface area (Å²) in [5.74, 6) is -1.04. The molecule has 3 aromatic carbocycles. The first-order chi connectivity index (χ1) is 13.1. The molecule has 0 saturated carbocycles. The summed E-state index contributed by atoms with van der Waals surface area (Å²) >= 11 is 6.31. The molecule has 0 fully saturated rings. The van der Waals surface area contributed by atoms with E-state index < -0.39 is 17.6 Å². The van der Waals surface area contributed by atoms with Crippen molar-refractivity contribution in [3.8, 4) is 28.0 Å². The molecule has 0 aliphatic carbocycles. The Balaban J connectivity index is 2.46. The summed E-state index contributed by atoms with van der Waals surface area (Å²) in [5.41, 5.74) is 6.07. The molecule has 0 bridgehead atoms. The van der Waals surface area contributed by atoms with Gasteiger partial charge in [-0.2, -0.15) is 13.2 Å². The molecule has 0 saturated heterocycles. The van der Waals surface area contributed by atoms with Crippen molar-refractivity contribution in [2.45, 2.75) is 13.1 Å². The summed E-state index contributed by atoms with van der Waals surface area (Å²) in [6.45, 7) is 1.80. The van der Waals surface area contributed by atoms with E-state index in [1.54, 1.807) is 25.1 Å². The van der Waals surface area contributed by atoms with Gasteiger partial charge in [0.1, 0.15) is 5.75 Å². The predicted octanol–water partition coefficient (Wildman–Crippen LogP) is 5.81. The van der Waals surface area contributed by atoms with Crippen molar-refractivity contribution < 1.29 is 23.1 Å². The maximum absolute atomic E-state index is 13.5. The first kappa shape index (κ1) is 19.8. The van der Waals surface area contributed by atoms with Crippen LogP contribution in [0.4, 0.5) is 13.2 Å². The molecule has 0 atom stereocenters. The minimum atomic E-state index is -4.68. The molecule has 0 aliphatic heterocycles. The molecule has 1 amide bonds. The molecule has 28 heavy (non-hydrogen) atoms. The number of carbonyl (C=O) groups is 1. The van der Waals surface area contributed by atoms with Gasteiger partial charge in [-0.1, -0.05) is 35.4 Å². The number of hydrogen-bond acceptors (Lipinski definition) is 2. The first-order valence-electron chi connectivity index (χ1n) is 8.19. The molecular weight excluding hydrogens is 391 g/mol. The van der Waals surface area contributed by atoms with Crippen LogP contribution in [0.1, 0.15) is 21.5 Å². The number of halogens is 4. The van der Waals surface area contributed by atoms with Gasteiger partial charge >= 0.3 is 6.18 Å². The molecule has 0 spiro atoms. The van der Waals surface area contributed by atoms with E-state index in [2.05, 4.69) is 0 Å². The maximum atomic E-state index is 13.5. The van der Waals surface area contributed by atoms with Gasteiger partial charge in [-0.3, -0.25) is 4.79 Å². The SMILES string of the molecule is Cc1ccc(Cl)c(-c2c(C(N)=O)cc(C(F)(F)F)cc2-c2ccc(O)cc2)c1. The van der Waals surface area contributed by atoms with Crippen LogP contribution in [-0.2, 0) is 6.18 Å². The number of rotatable bonds is 3. The zero-order chi connectivity index (χ0) is 20.6. The minimum Gasteiger partial charge on any atom is -0.508 e. The van der Waals surface area contributed by atoms with Gasteiger partial charge in [0.05, 0.1) is 5.56 Å². The highest BCUT2D eigenvalue weighted by Crippen LogP contribution is 2.43. The van der Waals surface area contributed by atoms with Crippen molar-refractivity contribution in [3.63, 3.8) is 0 Å². The second kappa shape index (κ2) is 7.20. The van der Waals surface area contributed by atoms with Crippen LogP contribution in [0.25, 0.3) is 22.3 Å². The minimum absolute atomic E-state index is 0.0408. The van der Waals surface area contributed by atoms with Gasteiger partial charge < -0.3 is 10.8 Å². The smallest absolute Gasteiger partial charge is 0.416 e. The van der Waals surface area contributed by atoms with Gasteiger partial charge in [-0.25, -0.2) is 0 Å². The fourth-order valence-corrected chi connectivity index (χ4v) is 3.20. The Hall–Kier alpha value is -2.99. The number of aryl methyl sites for hydroxylation is 1. The maximum Gasteiger partial charge on any atom is 0.416 e. The summed E-state index contributed by atoms with van der Waals surface area (Å²) in [6.07, 6.45) is -4.68. The van der Waals surface area contributed by atoms with Crippen molar-refractivity contribution in [2.24, 2.45) is 5.73 Å². The molecule has 7 heteroatoms. The Morgan fingerprint density at radius 3 is 2.21 bits per heavy atom. The summed E-state index contributed by atoms with van der Waals surface area (Å²) < 4.78 is 40.4. The molecule has 3 rings (SSSR count). The van der Waals surface area contributed by atoms with Gasteiger partial charge in [0, 0.05) is 21.7 Å². The standard InChI is InChI=1S/C21H15ClF3NO2/c1-11-2-7-18(22)16(8-11)19-15(12-3-5-14(27)6-4-12)9-13(21(23,24)25)10-17(19)20(26)28/h2-10,27H,1H3,(H2,26,28). The van der Waals surface area contributed by atoms with Gasteiger partial charge in [0.2, 0.25) is 5.91 Å². The third-order valence-corrected chi connectivity index (χ3v) is 4.63. The third kappa shape index (κ3) is 3.82. The lowest BCUT2D eigenvalue weighted by molar-refractivity contribution is -0.137. The zero-order valence-corrected chi connectivity index (χ0v) is 15.4. The van der Waals surface area contributed by atoms with Crippen LogP contribution < -0.4 is 5.73 Å². The normalized spacial score (nSPS) is 11.5. The van der Waals surface area contributed by atoms with E-state index in [1.807, 2.05) is 0 Å². The molecular formula is C21H15ClF3NO2. The number of hydrogen-bond donors (Lipinski definition) is 2. The molecule has 0 aromatic heterocycles. The molecule has 0 radical (unpaired) electrons. The van der Waals surface area contributed by atoms with Crippen LogP contribution in [0.5, 0.6) is 5.75 Å². The number of aromatic hydroxyl groups is 1. The van der Waals surface area contributed by atoms with Gasteiger partial charge in [-0.05, 0) is 54.4 Å². The number of nitrogens with two attached hydrogens (primary N) is 1. The molecule has 3 N–H and O–H groups in total. The van der Waals surface area contributed by atoms with Gasteiger partial charge in [-0.15, -0.1) is 0 Å². The lowest BCUT2D eigenvalue weighted by atomic mass is 9.87. The molecule has 3 nitrogen and oxygen atoms in total. The van der Waals surface area contributed by atoms with Crippen molar-refractivity contribution in [3.05, 3.63) is 76.3 Å². The van der Waals surface area contributed by atoms with Crippen molar-refractivity contribution >= 4 is 17.5 Å². The number of carbonyl (C=O) groups excluding carboxylic acids is 1. The number of phenolic OH excluding ortho intramolecular Hbond substituents is 1. The van der Waals surface area contributed by atoms with Crippen LogP contribution in [-0.4, -0.2) is 11.0 Å². The monoisotopic (exact) mass is 405 g/mol. The van der Waals surface area contributed by atoms with Gasteiger partial charge in [0.15, 0.2) is 0 Å². The van der Waals surface area contributed by atoms with Crippen LogP contribution in [0.3, 0.4) is 0 Å². The van der Waals surface area contributed by atoms with E-state index in [9.17, 15) is 23.1 Å². The fourth-order valence-electron chi connectivity index (χ4n) is 2.99. The zero-order valence-electron chi connectivity index (χ0n) is 14.6. The highest BCUT2D eigenvalue weighted by atomic mass is 35.5. The lowest BCUT2D eigenvalue weighted by Gasteiger charge is -2.19. The number of alkyl halides is 3. The van der Waals surface area contributed by atoms with Crippen molar-refractivity contribution in [1.29, 1.82) is 0 Å². The van der Waals surface area contributed by atoms with E-state index in [0.717, 1.165) is 17.7 Å². The van der Waals surface area contributed by atoms with E-state index >= 15 is 0 Å². The third-order valence-electron chi connectivity index (χ3n) is 4.30. The van der Waals surface area contributed by atoms with Crippen LogP contribution in [0.2, 0.25) is 5.02 Å². The highest BCUT2D eigenvalue weighted by Gasteiger charge is 2.33. The largest absolute Gasteiger partial charge is 0.508 e. The van der Waals surface area contributed by atoms with E-state index in [0.29, 0.717) is 11.1 Å². The summed E-state index contributed by atoms with van der Waals surface area (Å²) in [6, 6.07) is 12.3. The predicted molar refractivity (Wildman–Crippen MR) is 102 cm³/mol. The van der Waals surface area contributed by atoms with E-state index in [-0.39, 0.29) is 27.5 Å². The second-order valence-corrected chi connectivity index (χ2v) is 6.75. The quantitative estimate of drug-likeness (QED) is 0.578. The van der Waals surface area contributed by atoms with Crippen molar-refractivity contribution in [2.75, 3.05) is 0 Å². The Morgan fingerprint density at radius 1 is 1.00 bits per heavy atom. The number of benzene rings is 3. The van der Waals surface area contributed by atoms with Crippen LogP contribution in [0.15, 0.2) is 54.6 Å². The lowest BCUT2D eigenvalue weighted by Crippen LogP contribution is -2.16. The summed E-state index contributed by atoms with van der Waals surface area (Å²) in [4.78, 5) is 12.1. The highest BCUT2D eigenvalue weighted by molar-refractivity contribution is 6.34. The summed E-state index contributed by atoms with van der Waals surface area (Å²) in [7, 11) is 0. The Bertz CT molecular complexity index is 1060.